The Hall–Kier alpha value is -5.86. The summed E-state index contributed by atoms with van der Waals surface area (Å²) in [5.41, 5.74) is 5.02. The number of aliphatic hydroxyl groups excluding tert-OH is 1. The molecule has 14 heteroatoms. The smallest absolute Gasteiger partial charge is 0.257 e. The minimum atomic E-state index is -1.25. The number of pyridine rings is 2. The van der Waals surface area contributed by atoms with Crippen molar-refractivity contribution >= 4 is 45.4 Å². The quantitative estimate of drug-likeness (QED) is 0.115. The third-order valence-electron chi connectivity index (χ3n) is 13.1. The molecule has 2 saturated heterocycles. The number of benzene rings is 2. The lowest BCUT2D eigenvalue weighted by Crippen LogP contribution is -2.72. The van der Waals surface area contributed by atoms with Crippen LogP contribution in [-0.4, -0.2) is 98.1 Å². The SMILES string of the molecule is Cn1c2ccncc2c2ccc(-c3ccc(OC4CN(C(=O)C56CC(COCCCCCOc7ccc8c(c7)C(=O)N(C7CCC(=O)NC7=O)C8O)(C5)C6)C4)nc3)cc21. The Kier molecular flexibility index (Phi) is 9.16. The summed E-state index contributed by atoms with van der Waals surface area (Å²) in [5, 5.41) is 15.3. The number of likely N-dealkylation sites (tertiary alicyclic amines) is 1. The van der Waals surface area contributed by atoms with Gasteiger partial charge in [-0.3, -0.25) is 34.4 Å². The predicted molar refractivity (Wildman–Crippen MR) is 215 cm³/mol. The van der Waals surface area contributed by atoms with E-state index in [0.717, 1.165) is 71.0 Å². The number of amides is 4. The molecule has 3 aromatic heterocycles. The molecule has 2 atom stereocenters. The number of unbranched alkanes of at least 4 members (excludes halogenated alkanes) is 2. The van der Waals surface area contributed by atoms with E-state index < -0.39 is 24.1 Å². The number of nitrogens with one attached hydrogen (secondary N) is 1. The van der Waals surface area contributed by atoms with Gasteiger partial charge in [0.15, 0.2) is 6.23 Å². The Balaban J connectivity index is 0.609. The number of carbonyl (C=O) groups is 4. The summed E-state index contributed by atoms with van der Waals surface area (Å²) in [4.78, 5) is 62.4. The maximum Gasteiger partial charge on any atom is 0.257 e. The van der Waals surface area contributed by atoms with Gasteiger partial charge in [0.2, 0.25) is 23.6 Å². The Labute approximate surface area is 340 Å². The summed E-state index contributed by atoms with van der Waals surface area (Å²) in [6.45, 7) is 2.97. The van der Waals surface area contributed by atoms with Gasteiger partial charge in [-0.15, -0.1) is 0 Å². The summed E-state index contributed by atoms with van der Waals surface area (Å²) in [6, 6.07) is 16.5. The van der Waals surface area contributed by atoms with Crippen LogP contribution in [0.1, 0.15) is 73.5 Å². The molecule has 2 aromatic carbocycles. The molecule has 6 heterocycles. The number of rotatable bonds is 14. The number of ether oxygens (including phenoxy) is 3. The topological polar surface area (TPSA) is 165 Å². The number of aliphatic hydroxyl groups is 1. The van der Waals surface area contributed by atoms with Crippen LogP contribution in [0.5, 0.6) is 11.6 Å². The number of imide groups is 1. The van der Waals surface area contributed by atoms with Crippen LogP contribution in [0, 0.1) is 10.8 Å². The van der Waals surface area contributed by atoms with Crippen molar-refractivity contribution in [2.75, 3.05) is 32.9 Å². The van der Waals surface area contributed by atoms with Crippen molar-refractivity contribution in [1.82, 2.24) is 29.7 Å². The number of piperidine rings is 1. The van der Waals surface area contributed by atoms with Gasteiger partial charge in [-0.2, -0.15) is 0 Å². The Morgan fingerprint density at radius 3 is 2.53 bits per heavy atom. The van der Waals surface area contributed by atoms with Crippen molar-refractivity contribution in [3.8, 4) is 22.8 Å². The molecule has 304 valence electrons. The average Bonchev–Trinajstić information content (AvgIpc) is 3.62. The van der Waals surface area contributed by atoms with Crippen LogP contribution in [0.4, 0.5) is 0 Å². The van der Waals surface area contributed by atoms with Gasteiger partial charge in [-0.25, -0.2) is 4.98 Å². The molecule has 5 aromatic rings. The standard InChI is InChI=1S/C45H46N6O8/c1-49-35-13-14-46-20-34(35)31-8-5-27(17-37(31)49)28-6-12-39(47-19-28)59-30-21-50(22-30)43(56)45-23-44(24-45,25-45)26-57-15-3-2-4-16-58-29-7-9-32-33(18-29)42(55)51(41(32)54)36-10-11-38(52)48-40(36)53/h5-9,12-14,17-20,30,36,41,54H,2-4,10-11,15-16,21-26H2,1H3,(H,48,52,53). The summed E-state index contributed by atoms with van der Waals surface area (Å²) in [5.74, 6) is -0.0726. The van der Waals surface area contributed by atoms with Gasteiger partial charge in [-0.05, 0) is 86.3 Å². The van der Waals surface area contributed by atoms with E-state index in [4.69, 9.17) is 14.2 Å². The van der Waals surface area contributed by atoms with Gasteiger partial charge in [0.05, 0.1) is 42.8 Å². The van der Waals surface area contributed by atoms with Crippen LogP contribution >= 0.6 is 0 Å². The van der Waals surface area contributed by atoms with Gasteiger partial charge in [0, 0.05) is 72.1 Å². The minimum Gasteiger partial charge on any atom is -0.494 e. The minimum absolute atomic E-state index is 0.0578. The maximum atomic E-state index is 13.4. The first-order chi connectivity index (χ1) is 28.6. The van der Waals surface area contributed by atoms with E-state index in [1.54, 1.807) is 18.2 Å². The van der Waals surface area contributed by atoms with Crippen LogP contribution in [0.15, 0.2) is 73.2 Å². The van der Waals surface area contributed by atoms with Crippen molar-refractivity contribution in [2.24, 2.45) is 17.9 Å². The van der Waals surface area contributed by atoms with E-state index in [0.29, 0.717) is 55.7 Å². The number of nitrogens with zero attached hydrogens (tertiary/aromatic N) is 5. The van der Waals surface area contributed by atoms with E-state index in [1.165, 1.54) is 5.39 Å². The highest BCUT2D eigenvalue weighted by Crippen LogP contribution is 2.74. The number of aryl methyl sites for hydroxylation is 1. The molecule has 4 amide bonds. The third-order valence-corrected chi connectivity index (χ3v) is 13.1. The number of hydrogen-bond donors (Lipinski definition) is 2. The van der Waals surface area contributed by atoms with Crippen molar-refractivity contribution in [3.05, 3.63) is 84.3 Å². The highest BCUT2D eigenvalue weighted by Gasteiger charge is 2.72. The molecule has 3 saturated carbocycles. The van der Waals surface area contributed by atoms with Gasteiger partial charge in [0.1, 0.15) is 17.9 Å². The molecule has 0 radical (unpaired) electrons. The van der Waals surface area contributed by atoms with E-state index in [2.05, 4.69) is 45.1 Å². The molecular weight excluding hydrogens is 753 g/mol. The fraction of sp³-hybridized carbons (Fsp3) is 0.422. The molecule has 0 spiro atoms. The van der Waals surface area contributed by atoms with Crippen LogP contribution in [0.3, 0.4) is 0 Å². The Morgan fingerprint density at radius 1 is 0.915 bits per heavy atom. The van der Waals surface area contributed by atoms with Crippen molar-refractivity contribution < 1.29 is 38.5 Å². The molecule has 2 bridgehead atoms. The second-order valence-electron chi connectivity index (χ2n) is 17.1. The van der Waals surface area contributed by atoms with E-state index in [9.17, 15) is 24.3 Å². The lowest BCUT2D eigenvalue weighted by atomic mass is 9.35. The fourth-order valence-electron chi connectivity index (χ4n) is 10.1. The maximum absolute atomic E-state index is 13.4. The lowest BCUT2D eigenvalue weighted by molar-refractivity contribution is -0.238. The molecule has 3 aliphatic heterocycles. The molecule has 2 unspecified atom stereocenters. The summed E-state index contributed by atoms with van der Waals surface area (Å²) in [6.07, 6.45) is 9.86. The molecular formula is C45H46N6O8. The van der Waals surface area contributed by atoms with Crippen LogP contribution < -0.4 is 14.8 Å². The zero-order valence-electron chi connectivity index (χ0n) is 32.9. The third kappa shape index (κ3) is 6.49. The number of fused-ring (bicyclic) bond motifs is 4. The van der Waals surface area contributed by atoms with Gasteiger partial charge in [0.25, 0.3) is 5.91 Å². The molecule has 5 fully saturated rings. The highest BCUT2D eigenvalue weighted by molar-refractivity contribution is 6.08. The van der Waals surface area contributed by atoms with Gasteiger partial charge < -0.3 is 28.8 Å². The predicted octanol–water partition coefficient (Wildman–Crippen LogP) is 5.07. The summed E-state index contributed by atoms with van der Waals surface area (Å²) < 4.78 is 20.3. The van der Waals surface area contributed by atoms with Crippen molar-refractivity contribution in [1.29, 1.82) is 0 Å². The second-order valence-corrected chi connectivity index (χ2v) is 17.1. The van der Waals surface area contributed by atoms with Gasteiger partial charge >= 0.3 is 0 Å². The molecule has 59 heavy (non-hydrogen) atoms. The Morgan fingerprint density at radius 2 is 1.73 bits per heavy atom. The van der Waals surface area contributed by atoms with Gasteiger partial charge in [-0.1, -0.05) is 18.2 Å². The van der Waals surface area contributed by atoms with Crippen LogP contribution in [0.2, 0.25) is 0 Å². The summed E-state index contributed by atoms with van der Waals surface area (Å²) >= 11 is 0. The first kappa shape index (κ1) is 37.4. The zero-order chi connectivity index (χ0) is 40.5. The first-order valence-electron chi connectivity index (χ1n) is 20.5. The Bertz CT molecular complexity index is 2490. The average molecular weight is 799 g/mol. The van der Waals surface area contributed by atoms with E-state index in [-0.39, 0.29) is 41.6 Å². The monoisotopic (exact) mass is 798 g/mol. The first-order valence-corrected chi connectivity index (χ1v) is 20.5. The van der Waals surface area contributed by atoms with E-state index in [1.807, 2.05) is 41.7 Å². The molecule has 11 rings (SSSR count). The fourth-order valence-corrected chi connectivity index (χ4v) is 10.1. The van der Waals surface area contributed by atoms with Crippen molar-refractivity contribution in [2.45, 2.75) is 69.7 Å². The zero-order valence-corrected chi connectivity index (χ0v) is 32.9. The lowest BCUT2D eigenvalue weighted by Gasteiger charge is -2.70. The number of carbonyl (C=O) groups excluding carboxylic acids is 4. The molecule has 3 aliphatic carbocycles. The summed E-state index contributed by atoms with van der Waals surface area (Å²) in [7, 11) is 2.07. The van der Waals surface area contributed by atoms with Crippen LogP contribution in [0.25, 0.3) is 32.9 Å². The van der Waals surface area contributed by atoms with Crippen molar-refractivity contribution in [3.63, 3.8) is 0 Å². The largest absolute Gasteiger partial charge is 0.494 e. The normalized spacial score (nSPS) is 24.7. The number of aromatic nitrogens is 3. The number of hydrogen-bond acceptors (Lipinski definition) is 10. The van der Waals surface area contributed by atoms with Crippen LogP contribution in [-0.2, 0) is 26.2 Å². The highest BCUT2D eigenvalue weighted by atomic mass is 16.5. The van der Waals surface area contributed by atoms with E-state index >= 15 is 0 Å². The second kappa shape index (κ2) is 14.5. The molecule has 6 aliphatic rings. The molecule has 2 N–H and O–H groups in total. The molecule has 14 nitrogen and oxygen atoms in total.